The van der Waals surface area contributed by atoms with Crippen LogP contribution in [0.3, 0.4) is 0 Å². The monoisotopic (exact) mass is 403 g/mol. The topological polar surface area (TPSA) is 72.3 Å². The molecule has 2 atom stereocenters. The van der Waals surface area contributed by atoms with Gasteiger partial charge in [-0.3, -0.25) is 4.79 Å². The van der Waals surface area contributed by atoms with Gasteiger partial charge < -0.3 is 19.5 Å². The minimum Gasteiger partial charge on any atom is -0.381 e. The van der Waals surface area contributed by atoms with Crippen LogP contribution < -0.4 is 5.32 Å². The van der Waals surface area contributed by atoms with E-state index in [4.69, 9.17) is 4.74 Å². The zero-order valence-electron chi connectivity index (χ0n) is 18.1. The second kappa shape index (κ2) is 9.56. The molecule has 4 rings (SSSR count). The molecule has 3 aliphatic rings. The van der Waals surface area contributed by atoms with Gasteiger partial charge in [-0.1, -0.05) is 33.1 Å². The summed E-state index contributed by atoms with van der Waals surface area (Å²) in [5.41, 5.74) is 0. The van der Waals surface area contributed by atoms with E-state index in [0.717, 1.165) is 50.0 Å². The molecule has 162 valence electrons. The Morgan fingerprint density at radius 2 is 1.97 bits per heavy atom. The van der Waals surface area contributed by atoms with Gasteiger partial charge >= 0.3 is 0 Å². The number of hydrogen-bond donors (Lipinski definition) is 1. The normalized spacial score (nSPS) is 25.0. The minimum atomic E-state index is -0.103. The predicted molar refractivity (Wildman–Crippen MR) is 111 cm³/mol. The van der Waals surface area contributed by atoms with Gasteiger partial charge in [-0.05, 0) is 31.1 Å². The summed E-state index contributed by atoms with van der Waals surface area (Å²) in [6, 6.07) is -0.103. The molecular weight excluding hydrogens is 366 g/mol. The molecule has 3 heterocycles. The molecule has 29 heavy (non-hydrogen) atoms. The molecule has 1 aromatic heterocycles. The molecule has 7 heteroatoms. The third-order valence-corrected chi connectivity index (χ3v) is 6.93. The maximum atomic E-state index is 12.7. The van der Waals surface area contributed by atoms with Crippen molar-refractivity contribution in [1.82, 2.24) is 25.0 Å². The average Bonchev–Trinajstić information content (AvgIpc) is 3.35. The SMILES string of the molecule is CC(C)[C@@H](NC(=O)[C@@H]1CCOC1)c1nnc2n1CCN(CC1CCCCC1)CC2. The lowest BCUT2D eigenvalue weighted by Gasteiger charge is -2.28. The third kappa shape index (κ3) is 5.00. The molecule has 1 N–H and O–H groups in total. The van der Waals surface area contributed by atoms with Gasteiger partial charge in [0.1, 0.15) is 5.82 Å². The Bertz CT molecular complexity index is 677. The number of amides is 1. The Kier molecular flexibility index (Phi) is 6.85. The van der Waals surface area contributed by atoms with Gasteiger partial charge in [0.05, 0.1) is 18.6 Å². The van der Waals surface area contributed by atoms with Gasteiger partial charge in [-0.25, -0.2) is 0 Å². The molecule has 0 radical (unpaired) electrons. The number of rotatable bonds is 6. The smallest absolute Gasteiger partial charge is 0.226 e. The molecule has 0 unspecified atom stereocenters. The lowest BCUT2D eigenvalue weighted by molar-refractivity contribution is -0.126. The highest BCUT2D eigenvalue weighted by Gasteiger charge is 2.31. The van der Waals surface area contributed by atoms with E-state index in [1.165, 1.54) is 38.6 Å². The molecule has 2 aliphatic heterocycles. The number of nitrogens with zero attached hydrogens (tertiary/aromatic N) is 4. The molecule has 1 saturated carbocycles. The Balaban J connectivity index is 1.42. The van der Waals surface area contributed by atoms with Crippen LogP contribution in [0, 0.1) is 17.8 Å². The summed E-state index contributed by atoms with van der Waals surface area (Å²) in [7, 11) is 0. The van der Waals surface area contributed by atoms with Crippen molar-refractivity contribution in [2.45, 2.75) is 71.4 Å². The lowest BCUT2D eigenvalue weighted by atomic mass is 9.89. The molecule has 1 amide bonds. The standard InChI is InChI=1S/C22H37N5O2/c1-16(2)20(23-22(28)18-9-13-29-15-18)21-25-24-19-8-10-26(11-12-27(19)21)14-17-6-4-3-5-7-17/h16-18,20H,3-15H2,1-2H3,(H,23,28)/t18-,20-/m1/s1. The van der Waals surface area contributed by atoms with E-state index in [1.807, 2.05) is 0 Å². The fourth-order valence-corrected chi connectivity index (χ4v) is 5.08. The molecule has 1 aliphatic carbocycles. The summed E-state index contributed by atoms with van der Waals surface area (Å²) < 4.78 is 7.67. The zero-order valence-corrected chi connectivity index (χ0v) is 18.1. The lowest BCUT2D eigenvalue weighted by Crippen LogP contribution is -2.38. The van der Waals surface area contributed by atoms with Gasteiger partial charge in [0.15, 0.2) is 5.82 Å². The molecule has 0 spiro atoms. The zero-order chi connectivity index (χ0) is 20.2. The summed E-state index contributed by atoms with van der Waals surface area (Å²) in [5.74, 6) is 3.16. The Hall–Kier alpha value is -1.47. The number of carbonyl (C=O) groups is 1. The van der Waals surface area contributed by atoms with E-state index < -0.39 is 0 Å². The summed E-state index contributed by atoms with van der Waals surface area (Å²) in [6.07, 6.45) is 8.74. The number of hydrogen-bond acceptors (Lipinski definition) is 5. The van der Waals surface area contributed by atoms with Crippen LogP contribution in [0.2, 0.25) is 0 Å². The first-order chi connectivity index (χ1) is 14.1. The second-order valence-corrected chi connectivity index (χ2v) is 9.47. The fourth-order valence-electron chi connectivity index (χ4n) is 5.08. The average molecular weight is 404 g/mol. The van der Waals surface area contributed by atoms with Crippen molar-refractivity contribution >= 4 is 5.91 Å². The molecule has 1 aromatic rings. The van der Waals surface area contributed by atoms with E-state index in [-0.39, 0.29) is 23.8 Å². The van der Waals surface area contributed by atoms with Crippen LogP contribution in [0.4, 0.5) is 0 Å². The van der Waals surface area contributed by atoms with Gasteiger partial charge in [0.25, 0.3) is 0 Å². The van der Waals surface area contributed by atoms with Crippen molar-refractivity contribution in [3.63, 3.8) is 0 Å². The van der Waals surface area contributed by atoms with E-state index in [0.29, 0.717) is 13.2 Å². The maximum absolute atomic E-state index is 12.7. The number of nitrogens with one attached hydrogen (secondary N) is 1. The number of carbonyl (C=O) groups excluding carboxylic acids is 1. The van der Waals surface area contributed by atoms with E-state index >= 15 is 0 Å². The molecular formula is C22H37N5O2. The van der Waals surface area contributed by atoms with Crippen LogP contribution in [0.15, 0.2) is 0 Å². The van der Waals surface area contributed by atoms with Gasteiger partial charge in [-0.15, -0.1) is 10.2 Å². The van der Waals surface area contributed by atoms with Crippen LogP contribution in [-0.4, -0.2) is 58.4 Å². The van der Waals surface area contributed by atoms with E-state index in [2.05, 4.69) is 38.8 Å². The van der Waals surface area contributed by atoms with E-state index in [1.54, 1.807) is 0 Å². The number of aromatic nitrogens is 3. The highest BCUT2D eigenvalue weighted by molar-refractivity contribution is 5.79. The van der Waals surface area contributed by atoms with Crippen LogP contribution in [-0.2, 0) is 22.5 Å². The minimum absolute atomic E-state index is 0.0336. The first-order valence-corrected chi connectivity index (χ1v) is 11.6. The van der Waals surface area contributed by atoms with Gasteiger partial charge in [0, 0.05) is 39.2 Å². The van der Waals surface area contributed by atoms with Crippen LogP contribution >= 0.6 is 0 Å². The van der Waals surface area contributed by atoms with Crippen LogP contribution in [0.1, 0.15) is 70.1 Å². The summed E-state index contributed by atoms with van der Waals surface area (Å²) in [4.78, 5) is 15.3. The molecule has 0 aromatic carbocycles. The first kappa shape index (κ1) is 20.8. The maximum Gasteiger partial charge on any atom is 0.226 e. The quantitative estimate of drug-likeness (QED) is 0.790. The summed E-state index contributed by atoms with van der Waals surface area (Å²) in [6.45, 7) is 9.74. The van der Waals surface area contributed by atoms with Crippen LogP contribution in [0.25, 0.3) is 0 Å². The molecule has 0 bridgehead atoms. The van der Waals surface area contributed by atoms with E-state index in [9.17, 15) is 4.79 Å². The number of fused-ring (bicyclic) bond motifs is 1. The first-order valence-electron chi connectivity index (χ1n) is 11.6. The Morgan fingerprint density at radius 1 is 1.14 bits per heavy atom. The van der Waals surface area contributed by atoms with Crippen molar-refractivity contribution in [2.24, 2.45) is 17.8 Å². The number of ether oxygens (including phenoxy) is 1. The fraction of sp³-hybridized carbons (Fsp3) is 0.864. The predicted octanol–water partition coefficient (Wildman–Crippen LogP) is 2.57. The van der Waals surface area contributed by atoms with Crippen molar-refractivity contribution in [1.29, 1.82) is 0 Å². The van der Waals surface area contributed by atoms with Crippen molar-refractivity contribution in [3.8, 4) is 0 Å². The molecule has 1 saturated heterocycles. The molecule has 2 fully saturated rings. The Labute approximate surface area is 174 Å². The second-order valence-electron chi connectivity index (χ2n) is 9.47. The van der Waals surface area contributed by atoms with Gasteiger partial charge in [-0.2, -0.15) is 0 Å². The Morgan fingerprint density at radius 3 is 2.69 bits per heavy atom. The van der Waals surface area contributed by atoms with Crippen molar-refractivity contribution in [2.75, 3.05) is 32.8 Å². The third-order valence-electron chi connectivity index (χ3n) is 6.93. The highest BCUT2D eigenvalue weighted by Crippen LogP contribution is 2.27. The van der Waals surface area contributed by atoms with Crippen molar-refractivity contribution in [3.05, 3.63) is 11.6 Å². The largest absolute Gasteiger partial charge is 0.381 e. The molecule has 7 nitrogen and oxygen atoms in total. The highest BCUT2D eigenvalue weighted by atomic mass is 16.5. The van der Waals surface area contributed by atoms with Crippen LogP contribution in [0.5, 0.6) is 0 Å². The van der Waals surface area contributed by atoms with Crippen molar-refractivity contribution < 1.29 is 9.53 Å². The van der Waals surface area contributed by atoms with Gasteiger partial charge in [0.2, 0.25) is 5.91 Å². The summed E-state index contributed by atoms with van der Waals surface area (Å²) in [5, 5.41) is 12.3. The summed E-state index contributed by atoms with van der Waals surface area (Å²) >= 11 is 0.